The number of aromatic nitrogens is 3. The molecule has 4 rings (SSSR count). The highest BCUT2D eigenvalue weighted by Crippen LogP contribution is 2.36. The zero-order valence-corrected chi connectivity index (χ0v) is 18.2. The van der Waals surface area contributed by atoms with E-state index in [-0.39, 0.29) is 5.91 Å². The molecule has 3 heterocycles. The lowest BCUT2D eigenvalue weighted by Gasteiger charge is -2.27. The maximum Gasteiger partial charge on any atom is 0.278 e. The maximum absolute atomic E-state index is 13.3. The predicted molar refractivity (Wildman–Crippen MR) is 116 cm³/mol. The lowest BCUT2D eigenvalue weighted by atomic mass is 10.2. The van der Waals surface area contributed by atoms with Gasteiger partial charge >= 0.3 is 0 Å². The molecule has 1 fully saturated rings. The Hall–Kier alpha value is -2.00. The first-order valence-corrected chi connectivity index (χ1v) is 10.9. The maximum atomic E-state index is 13.3. The zero-order valence-electron chi connectivity index (χ0n) is 16.6. The van der Waals surface area contributed by atoms with Crippen LogP contribution < -0.4 is 4.90 Å². The van der Waals surface area contributed by atoms with Crippen molar-refractivity contribution in [3.8, 4) is 0 Å². The molecule has 0 bridgehead atoms. The fourth-order valence-corrected chi connectivity index (χ4v) is 4.83. The molecular weight excluding hydrogens is 410 g/mol. The van der Waals surface area contributed by atoms with Crippen molar-refractivity contribution in [3.05, 3.63) is 40.7 Å². The number of carbonyl (C=O) groups excluding carboxylic acids is 1. The van der Waals surface area contributed by atoms with Crippen LogP contribution in [0.4, 0.5) is 5.13 Å². The number of fused-ring (bicyclic) bond motifs is 1. The van der Waals surface area contributed by atoms with Crippen LogP contribution in [0, 0.1) is 6.92 Å². The van der Waals surface area contributed by atoms with Crippen LogP contribution in [0.5, 0.6) is 0 Å². The Morgan fingerprint density at radius 3 is 2.79 bits per heavy atom. The lowest BCUT2D eigenvalue weighted by Crippen LogP contribution is -2.39. The van der Waals surface area contributed by atoms with Crippen molar-refractivity contribution < 1.29 is 9.53 Å². The van der Waals surface area contributed by atoms with E-state index in [9.17, 15) is 4.79 Å². The molecule has 154 valence electrons. The first kappa shape index (κ1) is 20.3. The zero-order chi connectivity index (χ0) is 20.4. The molecule has 1 aliphatic rings. The minimum Gasteiger partial charge on any atom is -0.379 e. The van der Waals surface area contributed by atoms with Gasteiger partial charge < -0.3 is 4.74 Å². The number of ether oxygens (including phenoxy) is 1. The summed E-state index contributed by atoms with van der Waals surface area (Å²) in [5.74, 6) is -0.0974. The van der Waals surface area contributed by atoms with Crippen molar-refractivity contribution in [1.82, 2.24) is 19.7 Å². The molecule has 1 aliphatic heterocycles. The highest BCUT2D eigenvalue weighted by Gasteiger charge is 2.24. The summed E-state index contributed by atoms with van der Waals surface area (Å²) in [5, 5.41) is 5.48. The third-order valence-electron chi connectivity index (χ3n) is 5.16. The molecule has 1 saturated heterocycles. The van der Waals surface area contributed by atoms with Gasteiger partial charge in [-0.3, -0.25) is 19.3 Å². The number of anilines is 1. The Kier molecular flexibility index (Phi) is 6.15. The van der Waals surface area contributed by atoms with Crippen LogP contribution in [0.1, 0.15) is 22.5 Å². The van der Waals surface area contributed by atoms with E-state index in [2.05, 4.69) is 10.00 Å². The van der Waals surface area contributed by atoms with E-state index in [0.29, 0.717) is 22.4 Å². The van der Waals surface area contributed by atoms with Crippen molar-refractivity contribution in [2.75, 3.05) is 44.3 Å². The standard InChI is InChI=1S/C20H24ClN5O2S/c1-14-4-5-15(21)18-17(14)23-20(29-18)26(19(27)16-6-7-22-24(16)2)9-3-8-25-10-12-28-13-11-25/h4-7H,3,8-13H2,1-2H3. The van der Waals surface area contributed by atoms with Crippen molar-refractivity contribution >= 4 is 44.2 Å². The number of thiazole rings is 1. The summed E-state index contributed by atoms with van der Waals surface area (Å²) in [5.41, 5.74) is 2.44. The molecule has 0 aliphatic carbocycles. The van der Waals surface area contributed by atoms with Crippen molar-refractivity contribution in [3.63, 3.8) is 0 Å². The van der Waals surface area contributed by atoms with E-state index in [1.165, 1.54) is 11.3 Å². The van der Waals surface area contributed by atoms with E-state index in [1.807, 2.05) is 19.1 Å². The second kappa shape index (κ2) is 8.79. The molecule has 9 heteroatoms. The Bertz CT molecular complexity index is 973. The predicted octanol–water partition coefficient (Wildman–Crippen LogP) is 3.36. The molecule has 0 atom stereocenters. The Labute approximate surface area is 178 Å². The van der Waals surface area contributed by atoms with E-state index in [4.69, 9.17) is 21.3 Å². The summed E-state index contributed by atoms with van der Waals surface area (Å²) >= 11 is 7.85. The van der Waals surface area contributed by atoms with Crippen molar-refractivity contribution in [2.24, 2.45) is 7.05 Å². The summed E-state index contributed by atoms with van der Waals surface area (Å²) in [6, 6.07) is 5.58. The summed E-state index contributed by atoms with van der Waals surface area (Å²) < 4.78 is 7.93. The van der Waals surface area contributed by atoms with E-state index < -0.39 is 0 Å². The first-order chi connectivity index (χ1) is 14.0. The van der Waals surface area contributed by atoms with Gasteiger partial charge in [0, 0.05) is 39.4 Å². The highest BCUT2D eigenvalue weighted by molar-refractivity contribution is 7.23. The molecule has 29 heavy (non-hydrogen) atoms. The van der Waals surface area contributed by atoms with Crippen LogP contribution in [0.25, 0.3) is 10.2 Å². The van der Waals surface area contributed by atoms with Crippen LogP contribution in [-0.2, 0) is 11.8 Å². The third kappa shape index (κ3) is 4.30. The van der Waals surface area contributed by atoms with Crippen LogP contribution in [0.2, 0.25) is 5.02 Å². The van der Waals surface area contributed by atoms with Gasteiger partial charge in [0.15, 0.2) is 5.13 Å². The van der Waals surface area contributed by atoms with E-state index >= 15 is 0 Å². The average molecular weight is 434 g/mol. The third-order valence-corrected chi connectivity index (χ3v) is 6.70. The molecule has 0 spiro atoms. The van der Waals surface area contributed by atoms with Gasteiger partial charge in [0.05, 0.1) is 28.5 Å². The van der Waals surface area contributed by atoms with E-state index in [0.717, 1.165) is 55.0 Å². The van der Waals surface area contributed by atoms with Gasteiger partial charge in [-0.2, -0.15) is 5.10 Å². The van der Waals surface area contributed by atoms with Gasteiger partial charge in [-0.05, 0) is 31.0 Å². The molecular formula is C20H24ClN5O2S. The second-order valence-electron chi connectivity index (χ2n) is 7.14. The molecule has 0 N–H and O–H groups in total. The van der Waals surface area contributed by atoms with Crippen LogP contribution >= 0.6 is 22.9 Å². The number of carbonyl (C=O) groups is 1. The molecule has 3 aromatic rings. The molecule has 7 nitrogen and oxygen atoms in total. The molecule has 1 amide bonds. The summed E-state index contributed by atoms with van der Waals surface area (Å²) in [6.45, 7) is 6.92. The molecule has 2 aromatic heterocycles. The number of amides is 1. The smallest absolute Gasteiger partial charge is 0.278 e. The molecule has 1 aromatic carbocycles. The number of hydrogen-bond acceptors (Lipinski definition) is 6. The Morgan fingerprint density at radius 2 is 2.10 bits per heavy atom. The van der Waals surface area contributed by atoms with Gasteiger partial charge in [-0.15, -0.1) is 0 Å². The number of halogens is 1. The van der Waals surface area contributed by atoms with Gasteiger partial charge in [0.2, 0.25) is 0 Å². The largest absolute Gasteiger partial charge is 0.379 e. The van der Waals surface area contributed by atoms with Crippen LogP contribution in [-0.4, -0.2) is 65.0 Å². The van der Waals surface area contributed by atoms with Gasteiger partial charge in [-0.1, -0.05) is 29.0 Å². The fraction of sp³-hybridized carbons (Fsp3) is 0.450. The van der Waals surface area contributed by atoms with Crippen LogP contribution in [0.15, 0.2) is 24.4 Å². The summed E-state index contributed by atoms with van der Waals surface area (Å²) in [4.78, 5) is 22.2. The first-order valence-electron chi connectivity index (χ1n) is 9.70. The average Bonchev–Trinajstić information content (AvgIpc) is 3.36. The highest BCUT2D eigenvalue weighted by atomic mass is 35.5. The monoisotopic (exact) mass is 433 g/mol. The molecule has 0 radical (unpaired) electrons. The normalized spacial score (nSPS) is 15.1. The summed E-state index contributed by atoms with van der Waals surface area (Å²) in [7, 11) is 1.78. The van der Waals surface area contributed by atoms with E-state index in [1.54, 1.807) is 28.9 Å². The number of benzene rings is 1. The Morgan fingerprint density at radius 1 is 1.31 bits per heavy atom. The lowest BCUT2D eigenvalue weighted by molar-refractivity contribution is 0.0376. The van der Waals surface area contributed by atoms with Gasteiger partial charge in [-0.25, -0.2) is 4.98 Å². The van der Waals surface area contributed by atoms with Crippen molar-refractivity contribution in [2.45, 2.75) is 13.3 Å². The number of hydrogen-bond donors (Lipinski definition) is 0. The Balaban J connectivity index is 1.61. The fourth-order valence-electron chi connectivity index (χ4n) is 3.49. The second-order valence-corrected chi connectivity index (χ2v) is 8.53. The minimum atomic E-state index is -0.0974. The number of nitrogens with zero attached hydrogens (tertiary/aromatic N) is 5. The molecule has 0 saturated carbocycles. The van der Waals surface area contributed by atoms with Gasteiger partial charge in [0.1, 0.15) is 5.69 Å². The van der Waals surface area contributed by atoms with Gasteiger partial charge in [0.25, 0.3) is 5.91 Å². The van der Waals surface area contributed by atoms with Crippen molar-refractivity contribution in [1.29, 1.82) is 0 Å². The SMILES string of the molecule is Cc1ccc(Cl)c2sc(N(CCCN3CCOCC3)C(=O)c3ccnn3C)nc12. The minimum absolute atomic E-state index is 0.0974. The number of aryl methyl sites for hydroxylation is 2. The quantitative estimate of drug-likeness (QED) is 0.596. The number of morpholine rings is 1. The topological polar surface area (TPSA) is 63.5 Å². The number of rotatable bonds is 6. The van der Waals surface area contributed by atoms with Crippen LogP contribution in [0.3, 0.4) is 0 Å². The summed E-state index contributed by atoms with van der Waals surface area (Å²) in [6.07, 6.45) is 2.49. The molecule has 0 unspecified atom stereocenters.